The molecular weight excluding hydrogens is 368 g/mol. The van der Waals surface area contributed by atoms with Crippen molar-refractivity contribution < 1.29 is 4.79 Å². The second kappa shape index (κ2) is 6.87. The number of nitrogens with one attached hydrogen (secondary N) is 1. The van der Waals surface area contributed by atoms with Gasteiger partial charge in [-0.25, -0.2) is 14.5 Å². The third-order valence-electron chi connectivity index (χ3n) is 4.83. The molecule has 29 heavy (non-hydrogen) atoms. The van der Waals surface area contributed by atoms with E-state index in [1.54, 1.807) is 62.1 Å². The summed E-state index contributed by atoms with van der Waals surface area (Å²) in [6.45, 7) is 3.52. The first-order valence-corrected chi connectivity index (χ1v) is 8.99. The van der Waals surface area contributed by atoms with Gasteiger partial charge in [-0.1, -0.05) is 12.0 Å². The number of carbonyl (C=O) groups excluding carboxylic acids is 1. The Morgan fingerprint density at radius 3 is 2.86 bits per heavy atom. The number of rotatable bonds is 3. The van der Waals surface area contributed by atoms with E-state index in [1.165, 1.54) is 4.57 Å². The van der Waals surface area contributed by atoms with Crippen LogP contribution >= 0.6 is 0 Å². The fourth-order valence-electron chi connectivity index (χ4n) is 3.43. The van der Waals surface area contributed by atoms with Crippen LogP contribution in [0.5, 0.6) is 0 Å². The van der Waals surface area contributed by atoms with Gasteiger partial charge >= 0.3 is 0 Å². The summed E-state index contributed by atoms with van der Waals surface area (Å²) in [5, 5.41) is 7.60. The van der Waals surface area contributed by atoms with Gasteiger partial charge in [0.25, 0.3) is 11.5 Å². The highest BCUT2D eigenvalue weighted by Crippen LogP contribution is 2.18. The van der Waals surface area contributed by atoms with Gasteiger partial charge in [0, 0.05) is 25.0 Å². The van der Waals surface area contributed by atoms with Gasteiger partial charge in [-0.05, 0) is 32.0 Å². The minimum absolute atomic E-state index is 0.256. The van der Waals surface area contributed by atoms with Gasteiger partial charge in [0.05, 0.1) is 22.6 Å². The maximum atomic E-state index is 12.9. The lowest BCUT2D eigenvalue weighted by atomic mass is 10.1. The number of hydrogen-bond donors (Lipinski definition) is 1. The molecule has 4 aromatic rings. The molecule has 1 aromatic carbocycles. The monoisotopic (exact) mass is 386 g/mol. The molecule has 0 aliphatic heterocycles. The Hall–Kier alpha value is -3.99. The van der Waals surface area contributed by atoms with Crippen molar-refractivity contribution in [3.63, 3.8) is 0 Å². The molecule has 8 heteroatoms. The molecule has 3 aromatic heterocycles. The smallest absolute Gasteiger partial charge is 0.262 e. The fourth-order valence-corrected chi connectivity index (χ4v) is 3.43. The number of carbonyl (C=O) groups is 1. The molecule has 4 rings (SSSR count). The number of terminal acetylenes is 1. The van der Waals surface area contributed by atoms with Crippen LogP contribution in [0.3, 0.4) is 0 Å². The van der Waals surface area contributed by atoms with Crippen LogP contribution in [0.2, 0.25) is 0 Å². The van der Waals surface area contributed by atoms with Crippen molar-refractivity contribution in [3.05, 3.63) is 69.7 Å². The van der Waals surface area contributed by atoms with Crippen molar-refractivity contribution in [2.24, 2.45) is 7.05 Å². The molecule has 3 heterocycles. The minimum atomic E-state index is -0.530. The van der Waals surface area contributed by atoms with Crippen molar-refractivity contribution in [2.75, 3.05) is 0 Å². The van der Waals surface area contributed by atoms with Crippen molar-refractivity contribution >= 4 is 22.5 Å². The molecule has 8 nitrogen and oxygen atoms in total. The van der Waals surface area contributed by atoms with Crippen LogP contribution in [0.1, 0.15) is 40.4 Å². The number of hydrogen-bond acceptors (Lipinski definition) is 5. The number of aryl methyl sites for hydroxylation is 1. The number of aromatic nitrogens is 5. The van der Waals surface area contributed by atoms with Gasteiger partial charge in [0.15, 0.2) is 5.65 Å². The van der Waals surface area contributed by atoms with Crippen molar-refractivity contribution in [2.45, 2.75) is 19.9 Å². The first-order valence-electron chi connectivity index (χ1n) is 8.99. The second-order valence-electron chi connectivity index (χ2n) is 6.72. The van der Waals surface area contributed by atoms with Crippen LogP contribution in [0.4, 0.5) is 0 Å². The number of amides is 1. The normalized spacial score (nSPS) is 12.1. The summed E-state index contributed by atoms with van der Waals surface area (Å²) < 4.78 is 2.97. The zero-order valence-corrected chi connectivity index (χ0v) is 16.2. The number of nitrogens with zero attached hydrogens (tertiary/aromatic N) is 5. The van der Waals surface area contributed by atoms with E-state index in [9.17, 15) is 9.59 Å². The summed E-state index contributed by atoms with van der Waals surface area (Å²) in [6, 6.07) is 6.40. The third-order valence-corrected chi connectivity index (χ3v) is 4.83. The molecule has 0 unspecified atom stereocenters. The van der Waals surface area contributed by atoms with Crippen LogP contribution in [-0.4, -0.2) is 30.1 Å². The predicted octanol–water partition coefficient (Wildman–Crippen LogP) is 1.76. The van der Waals surface area contributed by atoms with E-state index in [0.717, 1.165) is 0 Å². The highest BCUT2D eigenvalue weighted by atomic mass is 16.2. The summed E-state index contributed by atoms with van der Waals surface area (Å²) in [7, 11) is 1.61. The first kappa shape index (κ1) is 18.4. The summed E-state index contributed by atoms with van der Waals surface area (Å²) >= 11 is 0. The molecule has 1 atom stereocenters. The average Bonchev–Trinajstić information content (AvgIpc) is 3.05. The van der Waals surface area contributed by atoms with Crippen LogP contribution in [0.15, 0.2) is 41.5 Å². The van der Waals surface area contributed by atoms with Crippen LogP contribution in [0, 0.1) is 19.3 Å². The molecule has 144 valence electrons. The highest BCUT2D eigenvalue weighted by Gasteiger charge is 2.22. The molecule has 1 amide bonds. The molecule has 0 fully saturated rings. The molecule has 0 bridgehead atoms. The van der Waals surface area contributed by atoms with Gasteiger partial charge in [-0.2, -0.15) is 5.10 Å². The Labute approximate surface area is 166 Å². The summed E-state index contributed by atoms with van der Waals surface area (Å²) in [4.78, 5) is 34.6. The van der Waals surface area contributed by atoms with E-state index < -0.39 is 6.04 Å². The van der Waals surface area contributed by atoms with Gasteiger partial charge in [0.2, 0.25) is 0 Å². The lowest BCUT2D eigenvalue weighted by molar-refractivity contribution is 0.0938. The van der Waals surface area contributed by atoms with E-state index >= 15 is 0 Å². The molecular formula is C21H18N6O2. The van der Waals surface area contributed by atoms with E-state index in [0.29, 0.717) is 39.2 Å². The van der Waals surface area contributed by atoms with E-state index in [1.807, 2.05) is 0 Å². The van der Waals surface area contributed by atoms with Crippen LogP contribution in [-0.2, 0) is 7.05 Å². The van der Waals surface area contributed by atoms with Gasteiger partial charge in [0.1, 0.15) is 11.4 Å². The molecule has 0 saturated heterocycles. The topological polar surface area (TPSA) is 94.2 Å². The zero-order valence-electron chi connectivity index (χ0n) is 16.2. The van der Waals surface area contributed by atoms with Gasteiger partial charge in [-0.3, -0.25) is 14.2 Å². The maximum absolute atomic E-state index is 12.9. The lowest BCUT2D eigenvalue weighted by Gasteiger charge is -2.17. The van der Waals surface area contributed by atoms with Crippen LogP contribution < -0.4 is 10.9 Å². The fraction of sp³-hybridized carbons (Fsp3) is 0.190. The Balaban J connectivity index is 1.74. The summed E-state index contributed by atoms with van der Waals surface area (Å²) in [5.41, 5.74) is 2.15. The molecule has 1 N–H and O–H groups in total. The largest absolute Gasteiger partial charge is 0.342 e. The Kier molecular flexibility index (Phi) is 4.35. The SMILES string of the molecule is C#Cc1cccc2nc([C@@H](C)NC(=O)c3c(C)nn4cccnc34)n(C)c(=O)c12. The quantitative estimate of drug-likeness (QED) is 0.542. The average molecular weight is 386 g/mol. The third kappa shape index (κ3) is 2.93. The standard InChI is InChI=1S/C21H18N6O2/c1-5-14-8-6-9-15-17(14)21(29)26(4)18(24-15)13(3)23-20(28)16-12(2)25-27-11-7-10-22-19(16)27/h1,6-11,13H,2-4H3,(H,23,28)/t13-/m1/s1. The molecule has 0 spiro atoms. The number of fused-ring (bicyclic) bond motifs is 2. The Morgan fingerprint density at radius 1 is 1.31 bits per heavy atom. The Bertz CT molecular complexity index is 1380. The predicted molar refractivity (Wildman–Crippen MR) is 109 cm³/mol. The molecule has 0 saturated carbocycles. The molecule has 0 radical (unpaired) electrons. The van der Waals surface area contributed by atoms with Crippen molar-refractivity contribution in [3.8, 4) is 12.3 Å². The van der Waals surface area contributed by atoms with Gasteiger partial charge in [-0.15, -0.1) is 6.42 Å². The summed E-state index contributed by atoms with van der Waals surface area (Å²) in [5.74, 6) is 2.61. The van der Waals surface area contributed by atoms with E-state index in [-0.39, 0.29) is 11.5 Å². The molecule has 0 aliphatic rings. The van der Waals surface area contributed by atoms with Crippen molar-refractivity contribution in [1.29, 1.82) is 0 Å². The zero-order chi connectivity index (χ0) is 20.7. The van der Waals surface area contributed by atoms with E-state index in [2.05, 4.69) is 26.3 Å². The van der Waals surface area contributed by atoms with Crippen LogP contribution in [0.25, 0.3) is 16.6 Å². The summed E-state index contributed by atoms with van der Waals surface area (Å²) in [6.07, 6.45) is 8.85. The van der Waals surface area contributed by atoms with E-state index in [4.69, 9.17) is 6.42 Å². The minimum Gasteiger partial charge on any atom is -0.342 e. The second-order valence-corrected chi connectivity index (χ2v) is 6.72. The van der Waals surface area contributed by atoms with Crippen molar-refractivity contribution in [1.82, 2.24) is 29.5 Å². The number of benzene rings is 1. The van der Waals surface area contributed by atoms with Gasteiger partial charge < -0.3 is 5.32 Å². The highest BCUT2D eigenvalue weighted by molar-refractivity contribution is 6.01. The maximum Gasteiger partial charge on any atom is 0.262 e. The lowest BCUT2D eigenvalue weighted by Crippen LogP contribution is -2.33. The Morgan fingerprint density at radius 2 is 2.10 bits per heavy atom. The first-order chi connectivity index (χ1) is 13.9. The molecule has 0 aliphatic carbocycles.